The Morgan fingerprint density at radius 3 is 2.61 bits per heavy atom. The number of hydrogen-bond acceptors (Lipinski definition) is 2. The second-order valence-corrected chi connectivity index (χ2v) is 8.01. The number of alkyl halides is 3. The average Bonchev–Trinajstić information content (AvgIpc) is 3.07. The highest BCUT2D eigenvalue weighted by molar-refractivity contribution is 5.89. The third kappa shape index (κ3) is 3.22. The minimum atomic E-state index is -4.43. The number of hydrogen-bond donors (Lipinski definition) is 1. The van der Waals surface area contributed by atoms with Gasteiger partial charge in [-0.05, 0) is 24.5 Å². The minimum Gasteiger partial charge on any atom is -0.338 e. The lowest BCUT2D eigenvalue weighted by atomic mass is 9.68. The third-order valence-corrected chi connectivity index (χ3v) is 6.38. The van der Waals surface area contributed by atoms with Crippen molar-refractivity contribution >= 4 is 11.9 Å². The molecule has 0 radical (unpaired) electrons. The maximum atomic E-state index is 13.6. The van der Waals surface area contributed by atoms with E-state index >= 15 is 0 Å². The number of piperazine rings is 1. The monoisotopic (exact) mass is 395 g/mol. The number of rotatable bonds is 2. The topological polar surface area (TPSA) is 52.7 Å². The molecule has 1 saturated carbocycles. The zero-order chi connectivity index (χ0) is 19.9. The van der Waals surface area contributed by atoms with Gasteiger partial charge in [-0.1, -0.05) is 37.5 Å². The van der Waals surface area contributed by atoms with Crippen molar-refractivity contribution in [1.82, 2.24) is 15.1 Å². The van der Waals surface area contributed by atoms with E-state index in [1.807, 2.05) is 0 Å². The molecule has 1 aliphatic carbocycles. The summed E-state index contributed by atoms with van der Waals surface area (Å²) in [6.45, 7) is 1.81. The number of urea groups is 1. The molecule has 28 heavy (non-hydrogen) atoms. The quantitative estimate of drug-likeness (QED) is 0.837. The van der Waals surface area contributed by atoms with E-state index < -0.39 is 17.2 Å². The van der Waals surface area contributed by atoms with Gasteiger partial charge < -0.3 is 15.1 Å². The molecule has 152 valence electrons. The third-order valence-electron chi connectivity index (χ3n) is 6.38. The van der Waals surface area contributed by atoms with Gasteiger partial charge in [-0.15, -0.1) is 0 Å². The Balaban J connectivity index is 1.64. The van der Waals surface area contributed by atoms with Crippen LogP contribution in [0, 0.1) is 0 Å². The zero-order valence-electron chi connectivity index (χ0n) is 15.6. The Morgan fingerprint density at radius 1 is 1.14 bits per heavy atom. The number of halogens is 3. The van der Waals surface area contributed by atoms with E-state index in [1.165, 1.54) is 6.07 Å². The van der Waals surface area contributed by atoms with Crippen LogP contribution in [0.15, 0.2) is 24.3 Å². The molecule has 0 aromatic heterocycles. The van der Waals surface area contributed by atoms with E-state index in [1.54, 1.807) is 15.9 Å². The lowest BCUT2D eigenvalue weighted by Crippen LogP contribution is -2.58. The molecule has 2 saturated heterocycles. The second-order valence-electron chi connectivity index (χ2n) is 8.01. The van der Waals surface area contributed by atoms with Crippen molar-refractivity contribution in [3.05, 3.63) is 35.4 Å². The highest BCUT2D eigenvalue weighted by atomic mass is 19.4. The molecule has 5 nitrogen and oxygen atoms in total. The fraction of sp³-hybridized carbons (Fsp3) is 0.600. The summed E-state index contributed by atoms with van der Waals surface area (Å²) in [5.41, 5.74) is -1.15. The van der Waals surface area contributed by atoms with Gasteiger partial charge in [0.1, 0.15) is 0 Å². The lowest BCUT2D eigenvalue weighted by Gasteiger charge is -2.44. The van der Waals surface area contributed by atoms with Crippen LogP contribution in [0.1, 0.15) is 43.2 Å². The van der Waals surface area contributed by atoms with Gasteiger partial charge in [0.05, 0.1) is 17.0 Å². The number of nitrogens with one attached hydrogen (secondary N) is 1. The Labute approximate surface area is 161 Å². The molecule has 4 rings (SSSR count). The van der Waals surface area contributed by atoms with Crippen molar-refractivity contribution in [3.8, 4) is 0 Å². The van der Waals surface area contributed by atoms with Crippen molar-refractivity contribution in [2.75, 3.05) is 26.2 Å². The van der Waals surface area contributed by atoms with Crippen molar-refractivity contribution in [2.45, 2.75) is 49.7 Å². The second kappa shape index (κ2) is 6.97. The summed E-state index contributed by atoms with van der Waals surface area (Å²) in [7, 11) is 0. The summed E-state index contributed by atoms with van der Waals surface area (Å²) < 4.78 is 39.8. The zero-order valence-corrected chi connectivity index (χ0v) is 15.6. The number of carbonyl (C=O) groups excluding carboxylic acids is 2. The maximum absolute atomic E-state index is 13.6. The van der Waals surface area contributed by atoms with Crippen LogP contribution in [0.25, 0.3) is 0 Å². The molecule has 8 heteroatoms. The van der Waals surface area contributed by atoms with Crippen LogP contribution in [0.2, 0.25) is 0 Å². The first kappa shape index (κ1) is 19.1. The molecule has 3 amide bonds. The summed E-state index contributed by atoms with van der Waals surface area (Å²) in [5, 5.41) is 2.79. The Morgan fingerprint density at radius 2 is 1.89 bits per heavy atom. The molecule has 1 aromatic rings. The van der Waals surface area contributed by atoms with Crippen LogP contribution in [0.5, 0.6) is 0 Å². The van der Waals surface area contributed by atoms with Gasteiger partial charge in [0, 0.05) is 26.2 Å². The van der Waals surface area contributed by atoms with E-state index in [4.69, 9.17) is 0 Å². The smallest absolute Gasteiger partial charge is 0.338 e. The summed E-state index contributed by atoms with van der Waals surface area (Å²) in [5.74, 6) is -0.0921. The average molecular weight is 395 g/mol. The first-order valence-electron chi connectivity index (χ1n) is 9.83. The van der Waals surface area contributed by atoms with E-state index in [2.05, 4.69) is 5.32 Å². The molecule has 0 bridgehead atoms. The SMILES string of the molecule is O=C1NC[C@@H]2CN(C(=O)C3(c4cccc(C(F)(F)F)c4)CCCCC3)CCN12. The molecular formula is C20H24F3N3O2. The van der Waals surface area contributed by atoms with Crippen LogP contribution in [-0.2, 0) is 16.4 Å². The van der Waals surface area contributed by atoms with Crippen LogP contribution in [0.4, 0.5) is 18.0 Å². The summed E-state index contributed by atoms with van der Waals surface area (Å²) in [4.78, 5) is 28.9. The number of amides is 3. The molecule has 1 atom stereocenters. The number of carbonyl (C=O) groups is 2. The summed E-state index contributed by atoms with van der Waals surface area (Å²) >= 11 is 0. The molecule has 2 aliphatic heterocycles. The van der Waals surface area contributed by atoms with Gasteiger partial charge in [0.15, 0.2) is 0 Å². The van der Waals surface area contributed by atoms with Crippen molar-refractivity contribution in [3.63, 3.8) is 0 Å². The fourth-order valence-corrected chi connectivity index (χ4v) is 4.87. The van der Waals surface area contributed by atoms with Gasteiger partial charge in [0.25, 0.3) is 0 Å². The number of benzene rings is 1. The molecule has 0 unspecified atom stereocenters. The number of nitrogens with zero attached hydrogens (tertiary/aromatic N) is 2. The van der Waals surface area contributed by atoms with Gasteiger partial charge >= 0.3 is 12.2 Å². The molecule has 3 aliphatic rings. The predicted molar refractivity (Wildman–Crippen MR) is 96.7 cm³/mol. The van der Waals surface area contributed by atoms with E-state index in [0.29, 0.717) is 44.6 Å². The normalized spacial score (nSPS) is 24.7. The van der Waals surface area contributed by atoms with Crippen LogP contribution in [-0.4, -0.2) is 54.0 Å². The largest absolute Gasteiger partial charge is 0.416 e. The molecule has 2 heterocycles. The van der Waals surface area contributed by atoms with E-state index in [0.717, 1.165) is 31.4 Å². The molecular weight excluding hydrogens is 371 g/mol. The molecule has 1 aromatic carbocycles. The van der Waals surface area contributed by atoms with Gasteiger partial charge in [-0.25, -0.2) is 4.79 Å². The summed E-state index contributed by atoms with van der Waals surface area (Å²) in [6.07, 6.45) is -0.666. The minimum absolute atomic E-state index is 0.0626. The maximum Gasteiger partial charge on any atom is 0.416 e. The highest BCUT2D eigenvalue weighted by Gasteiger charge is 2.47. The first-order valence-corrected chi connectivity index (χ1v) is 9.83. The van der Waals surface area contributed by atoms with Gasteiger partial charge in [-0.3, -0.25) is 4.79 Å². The van der Waals surface area contributed by atoms with Gasteiger partial charge in [-0.2, -0.15) is 13.2 Å². The standard InChI is InChI=1S/C20H24F3N3O2/c21-20(22,23)15-6-4-5-14(11-15)19(7-2-1-3-8-19)17(27)25-9-10-26-16(13-25)12-24-18(26)28/h4-6,11,16H,1-3,7-10,12-13H2,(H,24,28)/t16-/m1/s1. The van der Waals surface area contributed by atoms with Crippen LogP contribution < -0.4 is 5.32 Å². The Kier molecular flexibility index (Phi) is 4.75. The van der Waals surface area contributed by atoms with Gasteiger partial charge in [0.2, 0.25) is 5.91 Å². The molecule has 0 spiro atoms. The van der Waals surface area contributed by atoms with Crippen molar-refractivity contribution in [1.29, 1.82) is 0 Å². The van der Waals surface area contributed by atoms with Crippen molar-refractivity contribution < 1.29 is 22.8 Å². The Bertz CT molecular complexity index is 774. The molecule has 1 N–H and O–H groups in total. The predicted octanol–water partition coefficient (Wildman–Crippen LogP) is 3.14. The fourth-order valence-electron chi connectivity index (χ4n) is 4.87. The van der Waals surface area contributed by atoms with Crippen molar-refractivity contribution in [2.24, 2.45) is 0 Å². The number of fused-ring (bicyclic) bond motifs is 1. The van der Waals surface area contributed by atoms with E-state index in [9.17, 15) is 22.8 Å². The Hall–Kier alpha value is -2.25. The lowest BCUT2D eigenvalue weighted by molar-refractivity contribution is -0.142. The highest BCUT2D eigenvalue weighted by Crippen LogP contribution is 2.43. The van der Waals surface area contributed by atoms with Crippen LogP contribution in [0.3, 0.4) is 0 Å². The first-order chi connectivity index (χ1) is 13.3. The van der Waals surface area contributed by atoms with Crippen LogP contribution >= 0.6 is 0 Å². The van der Waals surface area contributed by atoms with E-state index in [-0.39, 0.29) is 18.0 Å². The summed E-state index contributed by atoms with van der Waals surface area (Å²) in [6, 6.07) is 5.10. The molecule has 3 fully saturated rings.